The Morgan fingerprint density at radius 3 is 2.59 bits per heavy atom. The van der Waals surface area contributed by atoms with Gasteiger partial charge in [-0.3, -0.25) is 0 Å². The summed E-state index contributed by atoms with van der Waals surface area (Å²) in [7, 11) is 1.35. The van der Waals surface area contributed by atoms with Gasteiger partial charge >= 0.3 is 5.97 Å². The Kier molecular flexibility index (Phi) is 3.81. The van der Waals surface area contributed by atoms with Crippen molar-refractivity contribution in [1.82, 2.24) is 0 Å². The fourth-order valence-corrected chi connectivity index (χ4v) is 2.25. The molecule has 0 radical (unpaired) electrons. The Labute approximate surface area is 111 Å². The van der Waals surface area contributed by atoms with Gasteiger partial charge in [0, 0.05) is 4.47 Å². The normalized spacial score (nSPS) is 10.0. The summed E-state index contributed by atoms with van der Waals surface area (Å²) in [6, 6.07) is 9.14. The van der Waals surface area contributed by atoms with Crippen LogP contribution in [0.4, 0.5) is 0 Å². The number of ether oxygens (including phenoxy) is 2. The molecule has 0 unspecified atom stereocenters. The highest BCUT2D eigenvalue weighted by molar-refractivity contribution is 9.10. The van der Waals surface area contributed by atoms with E-state index < -0.39 is 0 Å². The predicted molar refractivity (Wildman–Crippen MR) is 69.9 cm³/mol. The highest BCUT2D eigenvalue weighted by Crippen LogP contribution is 2.30. The maximum absolute atomic E-state index is 11.4. The number of halogens is 1. The molecule has 3 nitrogen and oxygen atoms in total. The van der Waals surface area contributed by atoms with Crippen LogP contribution in [0.15, 0.2) is 40.2 Å². The Morgan fingerprint density at radius 2 is 1.94 bits per heavy atom. The lowest BCUT2D eigenvalue weighted by atomic mass is 10.3. The van der Waals surface area contributed by atoms with Gasteiger partial charge in [0.05, 0.1) is 7.11 Å². The zero-order chi connectivity index (χ0) is 12.3. The molecule has 0 aliphatic rings. The van der Waals surface area contributed by atoms with Gasteiger partial charge in [-0.2, -0.15) is 0 Å². The predicted octanol–water partition coefficient (Wildman–Crippen LogP) is 4.09. The molecule has 0 fully saturated rings. The molecule has 0 aliphatic carbocycles. The van der Waals surface area contributed by atoms with Gasteiger partial charge in [-0.15, -0.1) is 11.3 Å². The third-order valence-corrected chi connectivity index (χ3v) is 3.45. The molecular formula is C12H9BrO3S. The van der Waals surface area contributed by atoms with Gasteiger partial charge in [0.25, 0.3) is 0 Å². The third-order valence-electron chi connectivity index (χ3n) is 2.04. The first-order chi connectivity index (χ1) is 8.20. The van der Waals surface area contributed by atoms with Crippen LogP contribution in [0, 0.1) is 0 Å². The van der Waals surface area contributed by atoms with E-state index in [9.17, 15) is 4.79 Å². The van der Waals surface area contributed by atoms with Crippen LogP contribution in [0.5, 0.6) is 11.5 Å². The summed E-state index contributed by atoms with van der Waals surface area (Å²) in [5, 5.41) is 1.79. The van der Waals surface area contributed by atoms with E-state index >= 15 is 0 Å². The molecule has 1 aromatic heterocycles. The Morgan fingerprint density at radius 1 is 1.24 bits per heavy atom. The monoisotopic (exact) mass is 312 g/mol. The molecule has 0 saturated carbocycles. The maximum Gasteiger partial charge on any atom is 0.351 e. The van der Waals surface area contributed by atoms with E-state index in [0.29, 0.717) is 16.4 Å². The quantitative estimate of drug-likeness (QED) is 0.801. The van der Waals surface area contributed by atoms with Gasteiger partial charge in [0.1, 0.15) is 5.75 Å². The van der Waals surface area contributed by atoms with Gasteiger partial charge in [0.2, 0.25) is 0 Å². The van der Waals surface area contributed by atoms with E-state index in [-0.39, 0.29) is 5.97 Å². The van der Waals surface area contributed by atoms with E-state index in [1.165, 1.54) is 18.4 Å². The van der Waals surface area contributed by atoms with E-state index in [1.807, 2.05) is 24.3 Å². The molecule has 0 N–H and O–H groups in total. The number of hydrogen-bond acceptors (Lipinski definition) is 4. The molecule has 0 bridgehead atoms. The number of hydrogen-bond donors (Lipinski definition) is 0. The maximum atomic E-state index is 11.4. The number of rotatable bonds is 3. The minimum atomic E-state index is -0.382. The molecule has 17 heavy (non-hydrogen) atoms. The average molecular weight is 313 g/mol. The Bertz CT molecular complexity index is 519. The van der Waals surface area contributed by atoms with Crippen LogP contribution < -0.4 is 4.74 Å². The number of methoxy groups -OCH3 is 1. The minimum Gasteiger partial charge on any atom is -0.465 e. The lowest BCUT2D eigenvalue weighted by Crippen LogP contribution is -1.99. The molecule has 0 atom stereocenters. The second-order valence-corrected chi connectivity index (χ2v) is 4.99. The van der Waals surface area contributed by atoms with Crippen LogP contribution in [0.1, 0.15) is 9.67 Å². The fraction of sp³-hybridized carbons (Fsp3) is 0.0833. The van der Waals surface area contributed by atoms with Crippen LogP contribution in [-0.4, -0.2) is 13.1 Å². The van der Waals surface area contributed by atoms with Gasteiger partial charge < -0.3 is 9.47 Å². The van der Waals surface area contributed by atoms with Gasteiger partial charge in [-0.1, -0.05) is 15.9 Å². The number of benzene rings is 1. The van der Waals surface area contributed by atoms with Crippen molar-refractivity contribution in [1.29, 1.82) is 0 Å². The Balaban J connectivity index is 2.21. The summed E-state index contributed by atoms with van der Waals surface area (Å²) in [4.78, 5) is 11.9. The van der Waals surface area contributed by atoms with Crippen molar-refractivity contribution < 1.29 is 14.3 Å². The summed E-state index contributed by atoms with van der Waals surface area (Å²) in [6.07, 6.45) is 0. The lowest BCUT2D eigenvalue weighted by Gasteiger charge is -2.05. The molecule has 0 amide bonds. The van der Waals surface area contributed by atoms with Crippen LogP contribution in [0.2, 0.25) is 0 Å². The van der Waals surface area contributed by atoms with Crippen molar-refractivity contribution in [2.45, 2.75) is 0 Å². The summed E-state index contributed by atoms with van der Waals surface area (Å²) in [5.74, 6) is 0.813. The van der Waals surface area contributed by atoms with Crippen molar-refractivity contribution in [3.8, 4) is 11.5 Å². The molecule has 88 valence electrons. The van der Waals surface area contributed by atoms with Crippen LogP contribution in [-0.2, 0) is 4.74 Å². The summed E-state index contributed by atoms with van der Waals surface area (Å²) >= 11 is 4.64. The first-order valence-corrected chi connectivity index (χ1v) is 6.47. The van der Waals surface area contributed by atoms with Gasteiger partial charge in [-0.25, -0.2) is 4.79 Å². The second-order valence-electron chi connectivity index (χ2n) is 3.16. The molecule has 5 heteroatoms. The Hall–Kier alpha value is -1.33. The second kappa shape index (κ2) is 5.33. The van der Waals surface area contributed by atoms with E-state index in [0.717, 1.165) is 4.47 Å². The molecule has 1 aromatic carbocycles. The smallest absolute Gasteiger partial charge is 0.351 e. The topological polar surface area (TPSA) is 35.5 Å². The fourth-order valence-electron chi connectivity index (χ4n) is 1.25. The third kappa shape index (κ3) is 2.87. The van der Waals surface area contributed by atoms with Crippen molar-refractivity contribution in [2.24, 2.45) is 0 Å². The first-order valence-electron chi connectivity index (χ1n) is 4.80. The SMILES string of the molecule is COC(=O)c1sccc1Oc1ccc(Br)cc1. The average Bonchev–Trinajstić information content (AvgIpc) is 2.79. The number of carbonyl (C=O) groups is 1. The van der Waals surface area contributed by atoms with Crippen LogP contribution in [0.25, 0.3) is 0 Å². The van der Waals surface area contributed by atoms with Gasteiger partial charge in [-0.05, 0) is 35.7 Å². The van der Waals surface area contributed by atoms with Crippen LogP contribution >= 0.6 is 27.3 Å². The van der Waals surface area contributed by atoms with Crippen molar-refractivity contribution in [3.05, 3.63) is 45.1 Å². The molecule has 0 aliphatic heterocycles. The standard InChI is InChI=1S/C12H9BrO3S/c1-15-12(14)11-10(6-7-17-11)16-9-4-2-8(13)3-5-9/h2-7H,1H3. The number of carbonyl (C=O) groups excluding carboxylic acids is 1. The zero-order valence-electron chi connectivity index (χ0n) is 8.98. The highest BCUT2D eigenvalue weighted by atomic mass is 79.9. The molecule has 0 spiro atoms. The lowest BCUT2D eigenvalue weighted by molar-refractivity contribution is 0.0604. The number of esters is 1. The molecule has 1 heterocycles. The van der Waals surface area contributed by atoms with E-state index in [1.54, 1.807) is 11.4 Å². The largest absolute Gasteiger partial charge is 0.465 e. The number of thiophene rings is 1. The van der Waals surface area contributed by atoms with E-state index in [2.05, 4.69) is 20.7 Å². The molecule has 0 saturated heterocycles. The summed E-state index contributed by atoms with van der Waals surface area (Å²) in [5.41, 5.74) is 0. The molecule has 2 aromatic rings. The first kappa shape index (κ1) is 12.1. The molecular weight excluding hydrogens is 304 g/mol. The van der Waals surface area contributed by atoms with Crippen molar-refractivity contribution in [2.75, 3.05) is 7.11 Å². The van der Waals surface area contributed by atoms with Crippen molar-refractivity contribution in [3.63, 3.8) is 0 Å². The summed E-state index contributed by atoms with van der Waals surface area (Å²) < 4.78 is 11.3. The van der Waals surface area contributed by atoms with Crippen molar-refractivity contribution >= 4 is 33.2 Å². The summed E-state index contributed by atoms with van der Waals surface area (Å²) in [6.45, 7) is 0. The molecule has 2 rings (SSSR count). The van der Waals surface area contributed by atoms with E-state index in [4.69, 9.17) is 4.74 Å². The zero-order valence-corrected chi connectivity index (χ0v) is 11.4. The minimum absolute atomic E-state index is 0.382. The van der Waals surface area contributed by atoms with Gasteiger partial charge in [0.15, 0.2) is 10.6 Å². The highest BCUT2D eigenvalue weighted by Gasteiger charge is 2.15. The van der Waals surface area contributed by atoms with Crippen LogP contribution in [0.3, 0.4) is 0 Å².